The second kappa shape index (κ2) is 14.0. The zero-order chi connectivity index (χ0) is 31.1. The number of nitrogens with zero attached hydrogens (tertiary/aromatic N) is 4. The topological polar surface area (TPSA) is 137 Å². The van der Waals surface area contributed by atoms with Crippen molar-refractivity contribution in [3.8, 4) is 5.75 Å². The Morgan fingerprint density at radius 3 is 2.25 bits per heavy atom. The summed E-state index contributed by atoms with van der Waals surface area (Å²) in [5.41, 5.74) is 2.71. The highest BCUT2D eigenvalue weighted by Crippen LogP contribution is 2.30. The third kappa shape index (κ3) is 7.32. The van der Waals surface area contributed by atoms with Crippen LogP contribution in [0.1, 0.15) is 32.7 Å². The number of hydrogen-bond acceptors (Lipinski definition) is 8. The summed E-state index contributed by atoms with van der Waals surface area (Å²) in [4.78, 5) is 56.0. The van der Waals surface area contributed by atoms with Gasteiger partial charge < -0.3 is 30.1 Å². The van der Waals surface area contributed by atoms with Gasteiger partial charge in [-0.3, -0.25) is 24.5 Å². The van der Waals surface area contributed by atoms with Crippen molar-refractivity contribution in [3.63, 3.8) is 0 Å². The van der Waals surface area contributed by atoms with Crippen LogP contribution in [0.4, 0.5) is 17.1 Å². The normalized spacial score (nSPS) is 15.3. The fourth-order valence-electron chi connectivity index (χ4n) is 5.43. The van der Waals surface area contributed by atoms with E-state index in [2.05, 4.69) is 15.5 Å². The van der Waals surface area contributed by atoms with Gasteiger partial charge in [0.25, 0.3) is 17.5 Å². The van der Waals surface area contributed by atoms with E-state index in [9.17, 15) is 24.5 Å². The predicted octanol–water partition coefficient (Wildman–Crippen LogP) is 3.18. The zero-order valence-electron chi connectivity index (χ0n) is 24.7. The molecule has 230 valence electrons. The maximum absolute atomic E-state index is 13.4. The van der Waals surface area contributed by atoms with Crippen molar-refractivity contribution in [2.75, 3.05) is 69.7 Å². The number of ether oxygens (including phenoxy) is 1. The van der Waals surface area contributed by atoms with Crippen molar-refractivity contribution in [3.05, 3.63) is 93.5 Å². The van der Waals surface area contributed by atoms with E-state index in [0.717, 1.165) is 36.5 Å². The molecule has 2 heterocycles. The Balaban J connectivity index is 1.32. The first kappa shape index (κ1) is 30.5. The highest BCUT2D eigenvalue weighted by atomic mass is 16.6. The molecule has 44 heavy (non-hydrogen) atoms. The minimum atomic E-state index is -0.519. The summed E-state index contributed by atoms with van der Waals surface area (Å²) in [5, 5.41) is 17.3. The number of nitro groups is 1. The van der Waals surface area contributed by atoms with Gasteiger partial charge in [-0.1, -0.05) is 12.1 Å². The molecule has 0 saturated carbocycles. The molecule has 5 rings (SSSR count). The van der Waals surface area contributed by atoms with E-state index in [4.69, 9.17) is 4.74 Å². The van der Waals surface area contributed by atoms with Crippen LogP contribution in [0, 0.1) is 10.1 Å². The second-order valence-corrected chi connectivity index (χ2v) is 10.8. The molecule has 0 aromatic heterocycles. The lowest BCUT2D eigenvalue weighted by Gasteiger charge is -2.37. The Kier molecular flexibility index (Phi) is 9.70. The molecule has 3 amide bonds. The lowest BCUT2D eigenvalue weighted by Crippen LogP contribution is -2.49. The summed E-state index contributed by atoms with van der Waals surface area (Å²) in [6, 6.07) is 18.1. The van der Waals surface area contributed by atoms with E-state index >= 15 is 0 Å². The fourth-order valence-corrected chi connectivity index (χ4v) is 5.43. The molecule has 0 atom stereocenters. The molecule has 3 aromatic carbocycles. The van der Waals surface area contributed by atoms with Gasteiger partial charge in [0.2, 0.25) is 5.91 Å². The first-order chi connectivity index (χ1) is 21.3. The second-order valence-electron chi connectivity index (χ2n) is 10.8. The van der Waals surface area contributed by atoms with Gasteiger partial charge in [0.15, 0.2) is 0 Å². The molecular formula is C32H36N6O6. The Morgan fingerprint density at radius 1 is 0.864 bits per heavy atom. The third-order valence-corrected chi connectivity index (χ3v) is 7.95. The van der Waals surface area contributed by atoms with Crippen molar-refractivity contribution in [1.82, 2.24) is 15.1 Å². The lowest BCUT2D eigenvalue weighted by atomic mass is 10.1. The van der Waals surface area contributed by atoms with E-state index in [-0.39, 0.29) is 23.1 Å². The molecule has 0 bridgehead atoms. The standard InChI is InChI=1S/C32H36N6O6/c1-44-27-10-3-23(4-11-27)21-30(39)36-19-17-35(18-20-36)29-12-7-25(32(41)37-15-2-13-33-14-16-37)22-28(29)34-31(40)24-5-8-26(9-6-24)38(42)43/h3-12,22,33H,2,13-21H2,1H3,(H,34,40). The van der Waals surface area contributed by atoms with Crippen LogP contribution in [0.2, 0.25) is 0 Å². The third-order valence-electron chi connectivity index (χ3n) is 7.95. The molecule has 2 N–H and O–H groups in total. The summed E-state index contributed by atoms with van der Waals surface area (Å²) < 4.78 is 5.20. The first-order valence-electron chi connectivity index (χ1n) is 14.7. The molecule has 2 aliphatic rings. The summed E-state index contributed by atoms with van der Waals surface area (Å²) in [5.74, 6) is 0.217. The Labute approximate surface area is 255 Å². The highest BCUT2D eigenvalue weighted by molar-refractivity contribution is 6.07. The van der Waals surface area contributed by atoms with E-state index in [1.54, 1.807) is 19.2 Å². The Bertz CT molecular complexity index is 1490. The smallest absolute Gasteiger partial charge is 0.269 e. The van der Waals surface area contributed by atoms with E-state index < -0.39 is 10.8 Å². The highest BCUT2D eigenvalue weighted by Gasteiger charge is 2.25. The average molecular weight is 601 g/mol. The van der Waals surface area contributed by atoms with Crippen LogP contribution in [-0.2, 0) is 11.2 Å². The number of non-ortho nitro benzene ring substituents is 1. The first-order valence-corrected chi connectivity index (χ1v) is 14.7. The number of nitro benzene ring substituents is 1. The maximum atomic E-state index is 13.4. The number of methoxy groups -OCH3 is 1. The number of carbonyl (C=O) groups excluding carboxylic acids is 3. The van der Waals surface area contributed by atoms with Crippen LogP contribution in [-0.4, -0.2) is 91.9 Å². The molecule has 3 aromatic rings. The SMILES string of the molecule is COc1ccc(CC(=O)N2CCN(c3ccc(C(=O)N4CCCNCC4)cc3NC(=O)c3ccc([N+](=O)[O-])cc3)CC2)cc1. The number of carbonyl (C=O) groups is 3. The molecule has 0 aliphatic carbocycles. The number of amides is 3. The summed E-state index contributed by atoms with van der Waals surface area (Å²) in [7, 11) is 1.60. The zero-order valence-corrected chi connectivity index (χ0v) is 24.7. The molecule has 2 aliphatic heterocycles. The monoisotopic (exact) mass is 600 g/mol. The van der Waals surface area contributed by atoms with E-state index in [1.165, 1.54) is 24.3 Å². The summed E-state index contributed by atoms with van der Waals surface area (Å²) in [6.45, 7) is 4.91. The molecular weight excluding hydrogens is 564 g/mol. The number of rotatable bonds is 8. The van der Waals surface area contributed by atoms with Gasteiger partial charge in [-0.25, -0.2) is 0 Å². The quantitative estimate of drug-likeness (QED) is 0.297. The van der Waals surface area contributed by atoms with Crippen molar-refractivity contribution < 1.29 is 24.0 Å². The van der Waals surface area contributed by atoms with Crippen LogP contribution >= 0.6 is 0 Å². The van der Waals surface area contributed by atoms with Crippen LogP contribution in [0.3, 0.4) is 0 Å². The minimum absolute atomic E-state index is 0.0365. The van der Waals surface area contributed by atoms with Gasteiger partial charge in [-0.15, -0.1) is 0 Å². The molecule has 12 heteroatoms. The Morgan fingerprint density at radius 2 is 1.57 bits per heavy atom. The predicted molar refractivity (Wildman–Crippen MR) is 166 cm³/mol. The van der Waals surface area contributed by atoms with Gasteiger partial charge in [-0.2, -0.15) is 0 Å². The fraction of sp³-hybridized carbons (Fsp3) is 0.344. The van der Waals surface area contributed by atoms with E-state index in [0.29, 0.717) is 56.9 Å². The van der Waals surface area contributed by atoms with Crippen LogP contribution in [0.15, 0.2) is 66.7 Å². The molecule has 0 radical (unpaired) electrons. The van der Waals surface area contributed by atoms with Gasteiger partial charge in [0.1, 0.15) is 5.75 Å². The molecule has 0 unspecified atom stereocenters. The van der Waals surface area contributed by atoms with Crippen molar-refractivity contribution in [1.29, 1.82) is 0 Å². The molecule has 0 spiro atoms. The number of piperazine rings is 1. The van der Waals surface area contributed by atoms with Gasteiger partial charge >= 0.3 is 0 Å². The van der Waals surface area contributed by atoms with Gasteiger partial charge in [0, 0.05) is 69.1 Å². The van der Waals surface area contributed by atoms with Gasteiger partial charge in [0.05, 0.1) is 29.8 Å². The maximum Gasteiger partial charge on any atom is 0.269 e. The van der Waals surface area contributed by atoms with Crippen LogP contribution in [0.5, 0.6) is 5.75 Å². The molecule has 2 saturated heterocycles. The largest absolute Gasteiger partial charge is 0.497 e. The van der Waals surface area contributed by atoms with Gasteiger partial charge in [-0.05, 0) is 61.0 Å². The number of nitrogens with one attached hydrogen (secondary N) is 2. The van der Waals surface area contributed by atoms with E-state index in [1.807, 2.05) is 40.1 Å². The number of hydrogen-bond donors (Lipinski definition) is 2. The number of anilines is 2. The molecule has 12 nitrogen and oxygen atoms in total. The summed E-state index contributed by atoms with van der Waals surface area (Å²) in [6.07, 6.45) is 1.15. The van der Waals surface area contributed by atoms with Crippen molar-refractivity contribution in [2.24, 2.45) is 0 Å². The molecule has 2 fully saturated rings. The lowest BCUT2D eigenvalue weighted by molar-refractivity contribution is -0.384. The van der Waals surface area contributed by atoms with Crippen LogP contribution in [0.25, 0.3) is 0 Å². The van der Waals surface area contributed by atoms with Crippen molar-refractivity contribution in [2.45, 2.75) is 12.8 Å². The minimum Gasteiger partial charge on any atom is -0.497 e. The van der Waals surface area contributed by atoms with Crippen LogP contribution < -0.4 is 20.3 Å². The average Bonchev–Trinajstić information content (AvgIpc) is 3.35. The number of benzene rings is 3. The summed E-state index contributed by atoms with van der Waals surface area (Å²) >= 11 is 0. The Hall–Kier alpha value is -4.97. The van der Waals surface area contributed by atoms with Crippen molar-refractivity contribution >= 4 is 34.8 Å².